The van der Waals surface area contributed by atoms with E-state index in [1.165, 1.54) is 30.5 Å². The highest BCUT2D eigenvalue weighted by molar-refractivity contribution is 5.76. The first-order chi connectivity index (χ1) is 14.8. The lowest BCUT2D eigenvalue weighted by atomic mass is 9.59. The molecule has 168 valence electrons. The van der Waals surface area contributed by atoms with Gasteiger partial charge in [0.25, 0.3) is 0 Å². The molecule has 2 saturated heterocycles. The molecule has 0 amide bonds. The number of carbonyl (C=O) groups excluding carboxylic acids is 1. The van der Waals surface area contributed by atoms with Crippen molar-refractivity contribution in [3.63, 3.8) is 0 Å². The van der Waals surface area contributed by atoms with E-state index in [4.69, 9.17) is 4.74 Å². The summed E-state index contributed by atoms with van der Waals surface area (Å²) in [6.07, 6.45) is 7.42. The van der Waals surface area contributed by atoms with Gasteiger partial charge in [-0.1, -0.05) is 44.1 Å². The minimum absolute atomic E-state index is 0.00565. The number of hydrogen-bond acceptors (Lipinski definition) is 4. The Hall–Kier alpha value is -1.81. The van der Waals surface area contributed by atoms with Gasteiger partial charge in [-0.2, -0.15) is 0 Å². The van der Waals surface area contributed by atoms with E-state index >= 15 is 0 Å². The largest absolute Gasteiger partial charge is 0.461 e. The molecule has 4 heteroatoms. The van der Waals surface area contributed by atoms with E-state index in [2.05, 4.69) is 67.8 Å². The molecule has 5 rings (SSSR count). The number of piperazine rings is 1. The molecule has 0 aromatic heterocycles. The standard InChI is InChI=1S/C27H38N2O2/c1-18-7-5-9-21(13-18)29-12-11-28(16-20(29)3)17-23-22-14-24-19(2)8-6-10-27(24,4)15-25(22)31-26(23)30/h5,7,9,13-14,19-20,22-23,25H,6,8,10-12,15-17H2,1-4H3/t19-,20-,22-,23-,25+,27-/m0/s1. The number of nitrogens with zero attached hydrogens (tertiary/aromatic N) is 2. The van der Waals surface area contributed by atoms with Crippen LogP contribution < -0.4 is 4.90 Å². The number of esters is 1. The van der Waals surface area contributed by atoms with Crippen molar-refractivity contribution in [3.8, 4) is 0 Å². The summed E-state index contributed by atoms with van der Waals surface area (Å²) in [4.78, 5) is 17.9. The number of benzene rings is 1. The van der Waals surface area contributed by atoms with Gasteiger partial charge in [0.2, 0.25) is 0 Å². The zero-order valence-electron chi connectivity index (χ0n) is 19.6. The summed E-state index contributed by atoms with van der Waals surface area (Å²) in [5, 5.41) is 0. The number of carbonyl (C=O) groups is 1. The molecule has 4 aliphatic rings. The van der Waals surface area contributed by atoms with Crippen molar-refractivity contribution in [1.82, 2.24) is 4.90 Å². The van der Waals surface area contributed by atoms with Crippen molar-refractivity contribution in [2.24, 2.45) is 23.2 Å². The molecule has 2 aliphatic carbocycles. The Morgan fingerprint density at radius 3 is 2.84 bits per heavy atom. The summed E-state index contributed by atoms with van der Waals surface area (Å²) >= 11 is 0. The van der Waals surface area contributed by atoms with E-state index < -0.39 is 0 Å². The highest BCUT2D eigenvalue weighted by Gasteiger charge is 2.52. The number of hydrogen-bond donors (Lipinski definition) is 0. The van der Waals surface area contributed by atoms with Crippen LogP contribution >= 0.6 is 0 Å². The topological polar surface area (TPSA) is 32.8 Å². The molecule has 1 saturated carbocycles. The zero-order chi connectivity index (χ0) is 21.8. The summed E-state index contributed by atoms with van der Waals surface area (Å²) in [5.74, 6) is 0.944. The van der Waals surface area contributed by atoms with Gasteiger partial charge in [-0.3, -0.25) is 9.69 Å². The van der Waals surface area contributed by atoms with Gasteiger partial charge in [-0.05, 0) is 62.1 Å². The van der Waals surface area contributed by atoms with Crippen LogP contribution in [0.1, 0.15) is 52.0 Å². The molecule has 1 aromatic rings. The average Bonchev–Trinajstić information content (AvgIpc) is 3.00. The fourth-order valence-corrected chi connectivity index (χ4v) is 6.93. The first kappa shape index (κ1) is 21.1. The van der Waals surface area contributed by atoms with Crippen LogP contribution in [0, 0.1) is 30.1 Å². The van der Waals surface area contributed by atoms with E-state index in [-0.39, 0.29) is 29.3 Å². The van der Waals surface area contributed by atoms with Crippen molar-refractivity contribution in [1.29, 1.82) is 0 Å². The number of aryl methyl sites for hydroxylation is 1. The van der Waals surface area contributed by atoms with Gasteiger partial charge in [0, 0.05) is 43.8 Å². The van der Waals surface area contributed by atoms with Gasteiger partial charge in [-0.25, -0.2) is 0 Å². The predicted octanol–water partition coefficient (Wildman–Crippen LogP) is 4.82. The predicted molar refractivity (Wildman–Crippen MR) is 125 cm³/mol. The summed E-state index contributed by atoms with van der Waals surface area (Å²) in [6, 6.07) is 9.24. The Bertz CT molecular complexity index is 880. The molecular formula is C27H38N2O2. The molecular weight excluding hydrogens is 384 g/mol. The van der Waals surface area contributed by atoms with Gasteiger partial charge in [-0.15, -0.1) is 0 Å². The Balaban J connectivity index is 1.29. The van der Waals surface area contributed by atoms with Crippen LogP contribution in [0.15, 0.2) is 35.9 Å². The fourth-order valence-electron chi connectivity index (χ4n) is 6.93. The molecule has 0 unspecified atom stereocenters. The SMILES string of the molecule is Cc1cccc(N2CCN(C[C@@H]3C(=O)O[C@@H]4C[C@]5(C)CCC[C@H](C)C5=C[C@@H]34)C[C@@H]2C)c1. The van der Waals surface area contributed by atoms with Gasteiger partial charge < -0.3 is 9.64 Å². The third-order valence-electron chi connectivity index (χ3n) is 8.58. The highest BCUT2D eigenvalue weighted by Crippen LogP contribution is 2.54. The van der Waals surface area contributed by atoms with Crippen LogP contribution in [0.4, 0.5) is 5.69 Å². The average molecular weight is 423 g/mol. The summed E-state index contributed by atoms with van der Waals surface area (Å²) in [7, 11) is 0. The third kappa shape index (κ3) is 3.82. The lowest BCUT2D eigenvalue weighted by molar-refractivity contribution is -0.145. The van der Waals surface area contributed by atoms with Crippen LogP contribution in [-0.4, -0.2) is 49.2 Å². The molecule has 0 N–H and O–H groups in total. The second-order valence-electron chi connectivity index (χ2n) is 11.0. The zero-order valence-corrected chi connectivity index (χ0v) is 19.6. The van der Waals surface area contributed by atoms with Crippen LogP contribution in [0.2, 0.25) is 0 Å². The third-order valence-corrected chi connectivity index (χ3v) is 8.58. The quantitative estimate of drug-likeness (QED) is 0.516. The molecule has 2 heterocycles. The van der Waals surface area contributed by atoms with E-state index in [9.17, 15) is 4.79 Å². The Labute approximate surface area is 187 Å². The smallest absolute Gasteiger partial charge is 0.311 e. The lowest BCUT2D eigenvalue weighted by Gasteiger charge is -2.46. The molecule has 1 aromatic carbocycles. The highest BCUT2D eigenvalue weighted by atomic mass is 16.6. The van der Waals surface area contributed by atoms with Crippen molar-refractivity contribution in [2.45, 2.75) is 65.5 Å². The lowest BCUT2D eigenvalue weighted by Crippen LogP contribution is -2.53. The monoisotopic (exact) mass is 422 g/mol. The summed E-state index contributed by atoms with van der Waals surface area (Å²) in [5.41, 5.74) is 4.47. The van der Waals surface area contributed by atoms with Crippen molar-refractivity contribution in [2.75, 3.05) is 31.1 Å². The van der Waals surface area contributed by atoms with Gasteiger partial charge >= 0.3 is 5.97 Å². The number of rotatable bonds is 3. The molecule has 31 heavy (non-hydrogen) atoms. The number of anilines is 1. The summed E-state index contributed by atoms with van der Waals surface area (Å²) < 4.78 is 5.98. The Kier molecular flexibility index (Phi) is 5.40. The van der Waals surface area contributed by atoms with E-state index in [0.717, 1.165) is 32.6 Å². The van der Waals surface area contributed by atoms with Gasteiger partial charge in [0.05, 0.1) is 5.92 Å². The first-order valence-electron chi connectivity index (χ1n) is 12.3. The van der Waals surface area contributed by atoms with Gasteiger partial charge in [0.15, 0.2) is 0 Å². The second-order valence-corrected chi connectivity index (χ2v) is 11.0. The minimum Gasteiger partial charge on any atom is -0.461 e. The van der Waals surface area contributed by atoms with Crippen LogP contribution in [-0.2, 0) is 9.53 Å². The van der Waals surface area contributed by atoms with E-state index in [0.29, 0.717) is 12.0 Å². The summed E-state index contributed by atoms with van der Waals surface area (Å²) in [6.45, 7) is 13.1. The van der Waals surface area contributed by atoms with Gasteiger partial charge in [0.1, 0.15) is 6.10 Å². The molecule has 3 fully saturated rings. The normalized spacial score (nSPS) is 38.3. The maximum absolute atomic E-state index is 12.9. The molecule has 0 bridgehead atoms. The fraction of sp³-hybridized carbons (Fsp3) is 0.667. The van der Waals surface area contributed by atoms with Crippen molar-refractivity contribution < 1.29 is 9.53 Å². The van der Waals surface area contributed by atoms with Crippen LogP contribution in [0.5, 0.6) is 0 Å². The Morgan fingerprint density at radius 2 is 2.06 bits per heavy atom. The number of ether oxygens (including phenoxy) is 1. The van der Waals surface area contributed by atoms with Crippen molar-refractivity contribution >= 4 is 11.7 Å². The molecule has 2 aliphatic heterocycles. The maximum Gasteiger partial charge on any atom is 0.311 e. The molecule has 0 radical (unpaired) electrons. The van der Waals surface area contributed by atoms with Crippen LogP contribution in [0.3, 0.4) is 0 Å². The van der Waals surface area contributed by atoms with Crippen LogP contribution in [0.25, 0.3) is 0 Å². The maximum atomic E-state index is 12.9. The second kappa shape index (κ2) is 7.95. The minimum atomic E-state index is -0.00565. The number of fused-ring (bicyclic) bond motifs is 2. The molecule has 0 spiro atoms. The molecule has 6 atom stereocenters. The van der Waals surface area contributed by atoms with E-state index in [1.807, 2.05) is 0 Å². The first-order valence-corrected chi connectivity index (χ1v) is 12.3. The van der Waals surface area contributed by atoms with E-state index in [1.54, 1.807) is 5.57 Å². The number of allylic oxidation sites excluding steroid dienone is 1. The Morgan fingerprint density at radius 1 is 1.23 bits per heavy atom. The van der Waals surface area contributed by atoms with Crippen molar-refractivity contribution in [3.05, 3.63) is 41.5 Å². The molecule has 4 nitrogen and oxygen atoms in total.